The molecule has 4 nitrogen and oxygen atoms in total. The molecule has 0 aliphatic rings. The predicted octanol–water partition coefficient (Wildman–Crippen LogP) is 3.22. The van der Waals surface area contributed by atoms with Crippen LogP contribution in [0.5, 0.6) is 0 Å². The SMILES string of the molecule is Cc1ccnc(NC(=O)c2cc3ccccc3c(=O)s2)c1. The fourth-order valence-corrected chi connectivity index (χ4v) is 2.85. The number of carbonyl (C=O) groups is 1. The van der Waals surface area contributed by atoms with E-state index in [1.54, 1.807) is 24.4 Å². The maximum Gasteiger partial charge on any atom is 0.267 e. The minimum absolute atomic E-state index is 0.115. The van der Waals surface area contributed by atoms with Crippen molar-refractivity contribution in [2.75, 3.05) is 5.32 Å². The Morgan fingerprint density at radius 3 is 2.81 bits per heavy atom. The van der Waals surface area contributed by atoms with Crippen LogP contribution in [0.25, 0.3) is 10.8 Å². The third-order valence-electron chi connectivity index (χ3n) is 3.05. The van der Waals surface area contributed by atoms with Crippen molar-refractivity contribution in [2.24, 2.45) is 0 Å². The molecule has 3 aromatic rings. The van der Waals surface area contributed by atoms with Gasteiger partial charge in [0.05, 0.1) is 4.88 Å². The molecular formula is C16H12N2O2S. The number of amides is 1. The molecule has 0 spiro atoms. The van der Waals surface area contributed by atoms with E-state index < -0.39 is 0 Å². The summed E-state index contributed by atoms with van der Waals surface area (Å²) in [6.07, 6.45) is 1.63. The number of aromatic nitrogens is 1. The van der Waals surface area contributed by atoms with Crippen LogP contribution in [0.15, 0.2) is 53.5 Å². The van der Waals surface area contributed by atoms with Gasteiger partial charge in [0.25, 0.3) is 5.91 Å². The molecule has 0 aliphatic carbocycles. The molecule has 0 atom stereocenters. The second-order valence-corrected chi connectivity index (χ2v) is 5.67. The van der Waals surface area contributed by atoms with Crippen molar-refractivity contribution in [2.45, 2.75) is 6.92 Å². The van der Waals surface area contributed by atoms with Crippen LogP contribution in [0, 0.1) is 6.92 Å². The molecule has 0 saturated carbocycles. The van der Waals surface area contributed by atoms with E-state index in [1.807, 2.05) is 31.2 Å². The lowest BCUT2D eigenvalue weighted by molar-refractivity contribution is 0.103. The molecule has 2 heterocycles. The lowest BCUT2D eigenvalue weighted by atomic mass is 10.2. The van der Waals surface area contributed by atoms with Crippen LogP contribution in [0.2, 0.25) is 0 Å². The van der Waals surface area contributed by atoms with E-state index in [9.17, 15) is 9.59 Å². The third-order valence-corrected chi connectivity index (χ3v) is 3.98. The number of pyridine rings is 1. The Morgan fingerprint density at radius 1 is 1.19 bits per heavy atom. The van der Waals surface area contributed by atoms with E-state index in [-0.39, 0.29) is 10.6 Å². The number of aryl methyl sites for hydroxylation is 1. The highest BCUT2D eigenvalue weighted by molar-refractivity contribution is 7.12. The lowest BCUT2D eigenvalue weighted by Crippen LogP contribution is -2.13. The Hall–Kier alpha value is -2.53. The first kappa shape index (κ1) is 13.5. The summed E-state index contributed by atoms with van der Waals surface area (Å²) in [5.74, 6) is 0.161. The van der Waals surface area contributed by atoms with Gasteiger partial charge < -0.3 is 5.32 Å². The molecule has 1 amide bonds. The first-order valence-electron chi connectivity index (χ1n) is 6.40. The highest BCUT2D eigenvalue weighted by Gasteiger charge is 2.11. The van der Waals surface area contributed by atoms with E-state index in [0.717, 1.165) is 22.3 Å². The van der Waals surface area contributed by atoms with Gasteiger partial charge in [0, 0.05) is 11.6 Å². The fraction of sp³-hybridized carbons (Fsp3) is 0.0625. The van der Waals surface area contributed by atoms with E-state index >= 15 is 0 Å². The minimum atomic E-state index is -0.319. The highest BCUT2D eigenvalue weighted by atomic mass is 32.1. The van der Waals surface area contributed by atoms with Gasteiger partial charge in [-0.1, -0.05) is 29.5 Å². The number of benzene rings is 1. The third kappa shape index (κ3) is 2.83. The highest BCUT2D eigenvalue weighted by Crippen LogP contribution is 2.16. The molecule has 0 aliphatic heterocycles. The van der Waals surface area contributed by atoms with Crippen molar-refractivity contribution in [3.8, 4) is 0 Å². The van der Waals surface area contributed by atoms with Crippen molar-refractivity contribution < 1.29 is 4.79 Å². The van der Waals surface area contributed by atoms with Crippen molar-refractivity contribution in [3.63, 3.8) is 0 Å². The molecule has 0 fully saturated rings. The average Bonchev–Trinajstić information content (AvgIpc) is 2.47. The van der Waals surface area contributed by atoms with E-state index in [0.29, 0.717) is 16.1 Å². The Labute approximate surface area is 125 Å². The minimum Gasteiger partial charge on any atom is -0.306 e. The number of carbonyl (C=O) groups excluding carboxylic acids is 1. The Kier molecular flexibility index (Phi) is 3.50. The molecule has 0 unspecified atom stereocenters. The number of hydrogen-bond donors (Lipinski definition) is 1. The largest absolute Gasteiger partial charge is 0.306 e. The summed E-state index contributed by atoms with van der Waals surface area (Å²) in [6.45, 7) is 1.92. The lowest BCUT2D eigenvalue weighted by Gasteiger charge is -2.05. The first-order chi connectivity index (χ1) is 10.1. The maximum atomic E-state index is 12.2. The molecule has 3 rings (SSSR count). The van der Waals surface area contributed by atoms with E-state index in [4.69, 9.17) is 0 Å². The molecule has 0 radical (unpaired) electrons. The molecule has 0 bridgehead atoms. The van der Waals surface area contributed by atoms with Crippen LogP contribution in [-0.2, 0) is 0 Å². The van der Waals surface area contributed by atoms with Crippen LogP contribution in [0.3, 0.4) is 0 Å². The zero-order valence-corrected chi connectivity index (χ0v) is 12.1. The molecule has 104 valence electrons. The fourth-order valence-electron chi connectivity index (χ4n) is 2.03. The molecular weight excluding hydrogens is 284 g/mol. The second-order valence-electron chi connectivity index (χ2n) is 4.66. The van der Waals surface area contributed by atoms with Gasteiger partial charge in [-0.2, -0.15) is 0 Å². The number of anilines is 1. The molecule has 5 heteroatoms. The number of nitrogens with one attached hydrogen (secondary N) is 1. The van der Waals surface area contributed by atoms with Gasteiger partial charge in [0.15, 0.2) is 0 Å². The topological polar surface area (TPSA) is 59.1 Å². The van der Waals surface area contributed by atoms with Gasteiger partial charge in [-0.15, -0.1) is 0 Å². The van der Waals surface area contributed by atoms with E-state index in [1.165, 1.54) is 0 Å². The average molecular weight is 296 g/mol. The van der Waals surface area contributed by atoms with Gasteiger partial charge in [-0.05, 0) is 42.1 Å². The maximum absolute atomic E-state index is 12.2. The second kappa shape index (κ2) is 5.46. The van der Waals surface area contributed by atoms with E-state index in [2.05, 4.69) is 10.3 Å². The smallest absolute Gasteiger partial charge is 0.267 e. The number of hydrogen-bond acceptors (Lipinski definition) is 4. The van der Waals surface area contributed by atoms with Gasteiger partial charge in [0.1, 0.15) is 5.82 Å². The van der Waals surface area contributed by atoms with Crippen LogP contribution in [0.4, 0.5) is 5.82 Å². The monoisotopic (exact) mass is 296 g/mol. The molecule has 1 N–H and O–H groups in total. The summed E-state index contributed by atoms with van der Waals surface area (Å²) in [6, 6.07) is 12.6. The van der Waals surface area contributed by atoms with Crippen molar-refractivity contribution in [1.29, 1.82) is 0 Å². The Balaban J connectivity index is 1.96. The van der Waals surface area contributed by atoms with Gasteiger partial charge in [0.2, 0.25) is 4.74 Å². The van der Waals surface area contributed by atoms with Gasteiger partial charge >= 0.3 is 0 Å². The summed E-state index contributed by atoms with van der Waals surface area (Å²) < 4.78 is -0.115. The van der Waals surface area contributed by atoms with Gasteiger partial charge in [-0.25, -0.2) is 4.98 Å². The first-order valence-corrected chi connectivity index (χ1v) is 7.22. The Bertz CT molecular complexity index is 887. The summed E-state index contributed by atoms with van der Waals surface area (Å²) in [5.41, 5.74) is 1.01. The Morgan fingerprint density at radius 2 is 2.00 bits per heavy atom. The van der Waals surface area contributed by atoms with Crippen molar-refractivity contribution >= 4 is 33.8 Å². The summed E-state index contributed by atoms with van der Waals surface area (Å²) in [4.78, 5) is 28.7. The number of fused-ring (bicyclic) bond motifs is 1. The van der Waals surface area contributed by atoms with Gasteiger partial charge in [-0.3, -0.25) is 9.59 Å². The van der Waals surface area contributed by atoms with Crippen molar-refractivity contribution in [3.05, 3.63) is 68.6 Å². The number of rotatable bonds is 2. The summed E-state index contributed by atoms with van der Waals surface area (Å²) in [5, 5.41) is 4.11. The summed E-state index contributed by atoms with van der Waals surface area (Å²) in [7, 11) is 0. The quantitative estimate of drug-likeness (QED) is 0.790. The van der Waals surface area contributed by atoms with Crippen LogP contribution in [-0.4, -0.2) is 10.9 Å². The zero-order valence-electron chi connectivity index (χ0n) is 11.3. The normalized spacial score (nSPS) is 10.5. The molecule has 21 heavy (non-hydrogen) atoms. The summed E-state index contributed by atoms with van der Waals surface area (Å²) >= 11 is 0.943. The standard InChI is InChI=1S/C16H12N2O2S/c1-10-6-7-17-14(8-10)18-15(19)13-9-11-4-2-3-5-12(11)16(20)21-13/h2-9H,1H3,(H,17,18,19). The predicted molar refractivity (Wildman–Crippen MR) is 85.0 cm³/mol. The van der Waals surface area contributed by atoms with Crippen LogP contribution < -0.4 is 10.1 Å². The molecule has 1 aromatic carbocycles. The zero-order chi connectivity index (χ0) is 14.8. The van der Waals surface area contributed by atoms with Crippen LogP contribution >= 0.6 is 11.3 Å². The van der Waals surface area contributed by atoms with Crippen molar-refractivity contribution in [1.82, 2.24) is 4.98 Å². The number of nitrogens with zero attached hydrogens (tertiary/aromatic N) is 1. The molecule has 2 aromatic heterocycles. The van der Waals surface area contributed by atoms with Crippen LogP contribution in [0.1, 0.15) is 15.2 Å². The molecule has 0 saturated heterocycles.